The Labute approximate surface area is 535 Å². The standard InChI is InChI=1S/C66H88FN15O10/c1-43(2)61(76-60(83)20-27-89-29-31-91-32-30-90-28-23-73-77-69)64(86)75-56(8-5-21-71-65(68)87)63(85)74-50-12-10-46(11-13-50)42-92-66(88)81-26-18-48-38-79(25-19-57(48)81)59-35-58-54(34-55(59)67)62(84)49(40-82(58)51-15-16-51)39-80(37-47-17-22-70-45(4)33-47)53-7-6-24-78(41-53)52-14-9-44(3)72-36-52/h9-14,17,22,33-36,40,43,48,51,53,56-57,61,69H,5-8,15-16,18-21,23-32,37-39,41-42H2,1-4H3,(H5-,68,71,74,75,76,83,85,86,87)/p+1/t48?,53-,56-,57?,61-/m0/s1. The topological polar surface area (TPSA) is 307 Å². The summed E-state index contributed by atoms with van der Waals surface area (Å²) in [5, 5.41) is 14.8. The number of nitrogens with one attached hydrogen (secondary N) is 5. The number of piperidine rings is 2. The van der Waals surface area contributed by atoms with Gasteiger partial charge in [0.25, 0.3) is 0 Å². The molecule has 2 aromatic carbocycles. The van der Waals surface area contributed by atoms with Gasteiger partial charge in [-0.25, -0.2) is 14.0 Å². The van der Waals surface area contributed by atoms with Crippen LogP contribution in [0.3, 0.4) is 0 Å². The van der Waals surface area contributed by atoms with Gasteiger partial charge in [0.1, 0.15) is 41.7 Å². The van der Waals surface area contributed by atoms with Crippen LogP contribution >= 0.6 is 0 Å². The first-order valence-electron chi connectivity index (χ1n) is 32.2. The van der Waals surface area contributed by atoms with Crippen molar-refractivity contribution in [3.63, 3.8) is 0 Å². The van der Waals surface area contributed by atoms with Crippen molar-refractivity contribution in [2.75, 3.05) is 101 Å². The van der Waals surface area contributed by atoms with Crippen LogP contribution in [-0.4, -0.2) is 164 Å². The maximum Gasteiger partial charge on any atom is 0.410 e. The number of aromatic nitrogens is 3. The highest BCUT2D eigenvalue weighted by molar-refractivity contribution is 5.98. The number of hydrogen-bond acceptors (Lipinski definition) is 17. The van der Waals surface area contributed by atoms with E-state index in [0.29, 0.717) is 99.8 Å². The quantitative estimate of drug-likeness (QED) is 0.0147. The number of carbonyl (C=O) groups is 5. The zero-order valence-corrected chi connectivity index (χ0v) is 53.3. The Bertz CT molecular complexity index is 3440. The minimum absolute atomic E-state index is 0.0171. The second-order valence-corrected chi connectivity index (χ2v) is 24.7. The van der Waals surface area contributed by atoms with E-state index in [1.807, 2.05) is 50.6 Å². The van der Waals surface area contributed by atoms with Crippen LogP contribution < -0.4 is 47.1 Å². The fourth-order valence-electron chi connectivity index (χ4n) is 12.5. The van der Waals surface area contributed by atoms with Gasteiger partial charge in [-0.2, -0.15) is 0 Å². The molecule has 1 saturated carbocycles. The summed E-state index contributed by atoms with van der Waals surface area (Å²) in [6, 6.07) is 15.9. The van der Waals surface area contributed by atoms with E-state index < -0.39 is 47.7 Å². The van der Waals surface area contributed by atoms with Crippen LogP contribution in [0.1, 0.15) is 106 Å². The van der Waals surface area contributed by atoms with E-state index in [1.54, 1.807) is 43.0 Å². The number of rotatable bonds is 32. The second kappa shape index (κ2) is 33.2. The Balaban J connectivity index is 0.770. The summed E-state index contributed by atoms with van der Waals surface area (Å²) in [6.45, 7) is 13.9. The molecule has 7 N–H and O–H groups in total. The van der Waals surface area contributed by atoms with Crippen LogP contribution in [0.25, 0.3) is 10.9 Å². The van der Waals surface area contributed by atoms with Gasteiger partial charge >= 0.3 is 12.1 Å². The van der Waals surface area contributed by atoms with Crippen LogP contribution in [0.5, 0.6) is 0 Å². The number of urea groups is 1. The number of likely N-dealkylation sites (tertiary alicyclic amines) is 1. The lowest BCUT2D eigenvalue weighted by Crippen LogP contribution is -2.54. The van der Waals surface area contributed by atoms with Crippen molar-refractivity contribution in [2.45, 2.75) is 135 Å². The number of primary amides is 1. The van der Waals surface area contributed by atoms with Gasteiger partial charge in [-0.1, -0.05) is 26.0 Å². The normalized spacial score (nSPS) is 17.9. The number of fused-ring (bicyclic) bond motifs is 2. The number of pyridine rings is 3. The van der Waals surface area contributed by atoms with Crippen LogP contribution in [0.4, 0.5) is 31.0 Å². The number of carbonyl (C=O) groups excluding carboxylic acids is 5. The molecule has 5 aromatic rings. The number of hydrogen-bond donors (Lipinski definition) is 6. The monoisotopic (exact) mass is 1270 g/mol. The Hall–Kier alpha value is -8.42. The number of halogens is 1. The van der Waals surface area contributed by atoms with Crippen LogP contribution in [0.15, 0.2) is 89.2 Å². The summed E-state index contributed by atoms with van der Waals surface area (Å²) < 4.78 is 41.1. The molecule has 6 amide bonds. The summed E-state index contributed by atoms with van der Waals surface area (Å²) in [5.41, 5.74) is 18.8. The highest BCUT2D eigenvalue weighted by Gasteiger charge is 2.42. The van der Waals surface area contributed by atoms with Crippen molar-refractivity contribution in [3.8, 4) is 0 Å². The number of anilines is 3. The van der Waals surface area contributed by atoms with E-state index in [-0.39, 0.29) is 81.2 Å². The molecular weight excluding hydrogens is 1180 g/mol. The number of benzene rings is 2. The molecule has 2 unspecified atom stereocenters. The highest BCUT2D eigenvalue weighted by Crippen LogP contribution is 2.40. The molecule has 25 nitrogen and oxygen atoms in total. The molecule has 6 heterocycles. The molecule has 4 aliphatic rings. The largest absolute Gasteiger partial charge is 0.445 e. The average molecular weight is 1270 g/mol. The lowest BCUT2D eigenvalue weighted by atomic mass is 9.92. The van der Waals surface area contributed by atoms with E-state index in [9.17, 15) is 28.8 Å². The molecule has 4 fully saturated rings. The van der Waals surface area contributed by atoms with Crippen molar-refractivity contribution in [2.24, 2.45) is 22.7 Å². The Morgan fingerprint density at radius 2 is 1.60 bits per heavy atom. The van der Waals surface area contributed by atoms with Crippen molar-refractivity contribution in [1.29, 1.82) is 5.53 Å². The lowest BCUT2D eigenvalue weighted by Gasteiger charge is -2.40. The Kier molecular flexibility index (Phi) is 24.6. The lowest BCUT2D eigenvalue weighted by molar-refractivity contribution is -0.132. The summed E-state index contributed by atoms with van der Waals surface area (Å²) in [5.74, 6) is -2.22. The zero-order valence-electron chi connectivity index (χ0n) is 53.3. The minimum Gasteiger partial charge on any atom is -0.445 e. The number of aryl methyl sites for hydroxylation is 2. The van der Waals surface area contributed by atoms with Gasteiger partial charge in [-0.3, -0.25) is 34.0 Å². The average Bonchev–Trinajstić information content (AvgIpc) is 1.30. The molecule has 1 aliphatic carbocycles. The molecule has 0 spiro atoms. The summed E-state index contributed by atoms with van der Waals surface area (Å²) in [7, 11) is 0. The van der Waals surface area contributed by atoms with Crippen molar-refractivity contribution >= 4 is 57.8 Å². The molecule has 0 bridgehead atoms. The number of nitrogens with two attached hydrogens (primary N) is 1. The molecule has 3 aliphatic heterocycles. The fraction of sp³-hybridized carbons (Fsp3) is 0.545. The molecule has 26 heteroatoms. The SMILES string of the molecule is Cc1ccc(N2CCC[C@H](N(Cc3ccnc(C)c3)Cc3cn(C4CC4)c4cc(N5CCC6C(CCN6C(=O)OCc6ccc(NC(=O)[C@H](CCCNC(N)=O)NC(=O)[C@@H](NC(=O)CCOCCOCCOCCN=[N+]=N)C(C)C)cc6)C5)c(F)cc4c3=O)C2)cn1. The number of amides is 6. The third-order valence-corrected chi connectivity index (χ3v) is 17.5. The highest BCUT2D eigenvalue weighted by atomic mass is 19.1. The first-order chi connectivity index (χ1) is 44.5. The van der Waals surface area contributed by atoms with Crippen LogP contribution in [0.2, 0.25) is 0 Å². The smallest absolute Gasteiger partial charge is 0.410 e. The van der Waals surface area contributed by atoms with Gasteiger partial charge in [0.2, 0.25) is 22.6 Å². The maximum absolute atomic E-state index is 16.7. The zero-order chi connectivity index (χ0) is 65.1. The predicted octanol–water partition coefficient (Wildman–Crippen LogP) is 6.79. The van der Waals surface area contributed by atoms with Gasteiger partial charge < -0.3 is 65.2 Å². The Morgan fingerprint density at radius 1 is 0.826 bits per heavy atom. The van der Waals surface area contributed by atoms with Crippen LogP contribution in [-0.2, 0) is 53.0 Å². The summed E-state index contributed by atoms with van der Waals surface area (Å²) in [4.78, 5) is 101. The number of ether oxygens (including phenoxy) is 4. The van der Waals surface area contributed by atoms with Gasteiger partial charge in [0.15, 0.2) is 5.43 Å². The van der Waals surface area contributed by atoms with Gasteiger partial charge in [-0.15, -0.1) is 0 Å². The minimum atomic E-state index is -1.06. The van der Waals surface area contributed by atoms with Crippen molar-refractivity contribution in [3.05, 3.63) is 123 Å². The summed E-state index contributed by atoms with van der Waals surface area (Å²) in [6.07, 6.45) is 11.0. The van der Waals surface area contributed by atoms with Gasteiger partial charge in [0, 0.05) is 117 Å². The molecule has 5 atom stereocenters. The van der Waals surface area contributed by atoms with E-state index in [4.69, 9.17) is 30.2 Å². The van der Waals surface area contributed by atoms with Crippen molar-refractivity contribution < 1.29 is 47.3 Å². The summed E-state index contributed by atoms with van der Waals surface area (Å²) >= 11 is 0. The molecule has 9 rings (SSSR count). The van der Waals surface area contributed by atoms with E-state index in [2.05, 4.69) is 72.7 Å². The maximum atomic E-state index is 16.7. The van der Waals surface area contributed by atoms with Gasteiger partial charge in [0.05, 0.1) is 62.7 Å². The van der Waals surface area contributed by atoms with Crippen molar-refractivity contribution in [1.82, 2.24) is 45.2 Å². The molecule has 92 heavy (non-hydrogen) atoms. The molecule has 0 radical (unpaired) electrons. The molecule has 3 aromatic heterocycles. The third-order valence-electron chi connectivity index (χ3n) is 17.5. The molecule has 494 valence electrons. The first-order valence-corrected chi connectivity index (χ1v) is 32.2. The molecule has 3 saturated heterocycles. The van der Waals surface area contributed by atoms with Crippen LogP contribution in [0, 0.1) is 37.0 Å². The molecular formula is C66H89FN15O10+. The van der Waals surface area contributed by atoms with Gasteiger partial charge in [-0.05, 0) is 137 Å². The van der Waals surface area contributed by atoms with E-state index in [0.717, 1.165) is 73.3 Å². The predicted molar refractivity (Wildman–Crippen MR) is 344 cm³/mol. The Morgan fingerprint density at radius 3 is 2.32 bits per heavy atom. The van der Waals surface area contributed by atoms with E-state index in [1.165, 1.54) is 6.07 Å². The fourth-order valence-corrected chi connectivity index (χ4v) is 12.5. The first kappa shape index (κ1) is 68.0. The third kappa shape index (κ3) is 19.1. The number of nitrogens with zero attached hydrogens (tertiary/aromatic N) is 9. The van der Waals surface area contributed by atoms with E-state index >= 15 is 4.39 Å². The second-order valence-electron chi connectivity index (χ2n) is 24.7.